The van der Waals surface area contributed by atoms with Gasteiger partial charge in [-0.2, -0.15) is 0 Å². The summed E-state index contributed by atoms with van der Waals surface area (Å²) in [6.45, 7) is 3.55. The van der Waals surface area contributed by atoms with E-state index < -0.39 is 0 Å². The van der Waals surface area contributed by atoms with Gasteiger partial charge in [-0.3, -0.25) is 0 Å². The number of phenols is 4. The summed E-state index contributed by atoms with van der Waals surface area (Å²) in [4.78, 5) is 0. The van der Waals surface area contributed by atoms with Gasteiger partial charge in [0.15, 0.2) is 0 Å². The van der Waals surface area contributed by atoms with Crippen molar-refractivity contribution in [3.05, 3.63) is 47.5 Å². The topological polar surface area (TPSA) is 80.9 Å². The number of benzene rings is 2. The van der Waals surface area contributed by atoms with E-state index in [9.17, 15) is 0 Å². The van der Waals surface area contributed by atoms with Gasteiger partial charge in [0, 0.05) is 19.1 Å². The van der Waals surface area contributed by atoms with Gasteiger partial charge in [0.2, 0.25) is 0 Å². The average Bonchev–Trinajstić information content (AvgIpc) is 2.31. The van der Waals surface area contributed by atoms with Gasteiger partial charge in [-0.15, -0.1) is 0 Å². The third-order valence-corrected chi connectivity index (χ3v) is 2.37. The molecule has 4 nitrogen and oxygen atoms in total. The van der Waals surface area contributed by atoms with Crippen LogP contribution < -0.4 is 0 Å². The Bertz CT molecular complexity index is 479. The largest absolute Gasteiger partial charge is 0.508 e. The molecule has 98 valence electrons. The fraction of sp³-hybridized carbons (Fsp3) is 0.143. The molecule has 0 fully saturated rings. The number of aryl methyl sites for hydroxylation is 1. The fourth-order valence-electron chi connectivity index (χ4n) is 1.21. The van der Waals surface area contributed by atoms with Crippen LogP contribution in [0, 0.1) is 13.8 Å². The van der Waals surface area contributed by atoms with Gasteiger partial charge >= 0.3 is 0 Å². The summed E-state index contributed by atoms with van der Waals surface area (Å²) in [6.07, 6.45) is 0. The smallest absolute Gasteiger partial charge is 0.125 e. The van der Waals surface area contributed by atoms with Crippen LogP contribution in [-0.4, -0.2) is 20.4 Å². The Hall–Kier alpha value is -2.36. The highest BCUT2D eigenvalue weighted by Gasteiger charge is 2.02. The van der Waals surface area contributed by atoms with E-state index in [2.05, 4.69) is 0 Å². The van der Waals surface area contributed by atoms with Crippen molar-refractivity contribution in [2.45, 2.75) is 13.8 Å². The molecule has 0 aliphatic rings. The minimum atomic E-state index is -0.138. The first-order valence-corrected chi connectivity index (χ1v) is 5.37. The molecule has 0 atom stereocenters. The Balaban J connectivity index is 0.000000331. The molecule has 0 unspecified atom stereocenters. The number of hydrogen-bond acceptors (Lipinski definition) is 4. The van der Waals surface area contributed by atoms with Gasteiger partial charge in [-0.25, -0.2) is 0 Å². The molecular formula is C14H18O4. The van der Waals surface area contributed by atoms with Crippen LogP contribution in [0.2, 0.25) is 0 Å². The fourth-order valence-corrected chi connectivity index (χ4v) is 1.21. The molecule has 0 saturated heterocycles. The third kappa shape index (κ3) is 3.90. The van der Waals surface area contributed by atoms with Crippen molar-refractivity contribution < 1.29 is 21.9 Å². The zero-order chi connectivity index (χ0) is 13.7. The van der Waals surface area contributed by atoms with Crippen LogP contribution in [0.5, 0.6) is 23.0 Å². The lowest BCUT2D eigenvalue weighted by molar-refractivity contribution is 0.422. The average molecular weight is 251 g/mol. The Morgan fingerprint density at radius 2 is 1.17 bits per heavy atom. The van der Waals surface area contributed by atoms with E-state index in [0.29, 0.717) is 11.3 Å². The van der Waals surface area contributed by atoms with Crippen molar-refractivity contribution in [2.75, 3.05) is 0 Å². The summed E-state index contributed by atoms with van der Waals surface area (Å²) in [5.74, 6) is -0.00815. The van der Waals surface area contributed by atoms with Gasteiger partial charge in [0.1, 0.15) is 23.0 Å². The molecule has 0 spiro atoms. The monoisotopic (exact) mass is 251 g/mol. The predicted molar refractivity (Wildman–Crippen MR) is 71.1 cm³/mol. The maximum absolute atomic E-state index is 8.96. The van der Waals surface area contributed by atoms with Gasteiger partial charge in [-0.1, -0.05) is 17.7 Å². The maximum Gasteiger partial charge on any atom is 0.125 e. The Morgan fingerprint density at radius 3 is 1.56 bits per heavy atom. The molecule has 0 bridgehead atoms. The van der Waals surface area contributed by atoms with Crippen LogP contribution >= 0.6 is 0 Å². The van der Waals surface area contributed by atoms with Gasteiger partial charge in [-0.05, 0) is 26.0 Å². The first kappa shape index (κ1) is 13.7. The van der Waals surface area contributed by atoms with Crippen molar-refractivity contribution in [2.24, 2.45) is 0 Å². The number of aromatic hydroxyl groups is 4. The van der Waals surface area contributed by atoms with E-state index in [1.807, 2.05) is 19.1 Å². The minimum Gasteiger partial charge on any atom is -0.508 e. The SMILES string of the molecule is Cc1c(O)cc(O)cc1O.Cc1ccc(O)cc1.[2HH]. The first-order valence-electron chi connectivity index (χ1n) is 5.37. The Labute approximate surface area is 107 Å². The molecule has 2 aromatic rings. The van der Waals surface area contributed by atoms with Gasteiger partial charge < -0.3 is 20.4 Å². The summed E-state index contributed by atoms with van der Waals surface area (Å²) in [6, 6.07) is 9.44. The maximum atomic E-state index is 8.96. The van der Waals surface area contributed by atoms with Crippen LogP contribution in [0.4, 0.5) is 0 Å². The van der Waals surface area contributed by atoms with Crippen LogP contribution in [-0.2, 0) is 0 Å². The third-order valence-electron chi connectivity index (χ3n) is 2.37. The summed E-state index contributed by atoms with van der Waals surface area (Å²) >= 11 is 0. The van der Waals surface area contributed by atoms with E-state index >= 15 is 0 Å². The van der Waals surface area contributed by atoms with Crippen LogP contribution in [0.1, 0.15) is 12.6 Å². The molecule has 0 saturated carbocycles. The zero-order valence-corrected chi connectivity index (χ0v) is 10.3. The Morgan fingerprint density at radius 1 is 0.722 bits per heavy atom. The predicted octanol–water partition coefficient (Wildman–Crippen LogP) is 3.06. The first-order chi connectivity index (χ1) is 8.40. The van der Waals surface area contributed by atoms with Crippen LogP contribution in [0.3, 0.4) is 0 Å². The second-order valence-corrected chi connectivity index (χ2v) is 3.94. The van der Waals surface area contributed by atoms with Crippen molar-refractivity contribution in [3.63, 3.8) is 0 Å². The number of hydrogen-bond donors (Lipinski definition) is 4. The van der Waals surface area contributed by atoms with E-state index in [1.54, 1.807) is 19.1 Å². The molecule has 0 amide bonds. The standard InChI is InChI=1S/C7H8O3.C7H8O.H2/c1-4-6(9)2-5(8)3-7(4)10;1-6-2-4-7(8)5-3-6;/h2-3,8-10H,1H3;2-5,8H,1H3;1H/i;;1+1. The van der Waals surface area contributed by atoms with E-state index in [0.717, 1.165) is 0 Å². The summed E-state index contributed by atoms with van der Waals surface area (Å²) in [7, 11) is 0. The van der Waals surface area contributed by atoms with Crippen molar-refractivity contribution in [1.29, 1.82) is 0 Å². The van der Waals surface area contributed by atoms with Crippen molar-refractivity contribution in [1.82, 2.24) is 0 Å². The molecular weight excluding hydrogens is 232 g/mol. The summed E-state index contributed by atoms with van der Waals surface area (Å²) < 4.78 is 0. The summed E-state index contributed by atoms with van der Waals surface area (Å²) in [5, 5.41) is 35.5. The molecule has 0 aliphatic heterocycles. The van der Waals surface area contributed by atoms with Gasteiger partial charge in [0.25, 0.3) is 0 Å². The number of rotatable bonds is 0. The molecule has 2 aromatic carbocycles. The Kier molecular flexibility index (Phi) is 4.43. The lowest BCUT2D eigenvalue weighted by atomic mass is 10.2. The van der Waals surface area contributed by atoms with Gasteiger partial charge in [0.05, 0.1) is 0 Å². The molecule has 0 aromatic heterocycles. The highest BCUT2D eigenvalue weighted by molar-refractivity contribution is 5.47. The highest BCUT2D eigenvalue weighted by atomic mass is 16.3. The quantitative estimate of drug-likeness (QED) is 0.580. The molecule has 0 radical (unpaired) electrons. The van der Waals surface area contributed by atoms with Crippen molar-refractivity contribution >= 4 is 0 Å². The van der Waals surface area contributed by atoms with E-state index in [-0.39, 0.29) is 18.7 Å². The zero-order valence-electron chi connectivity index (χ0n) is 10.3. The highest BCUT2D eigenvalue weighted by Crippen LogP contribution is 2.30. The van der Waals surface area contributed by atoms with E-state index in [1.165, 1.54) is 17.7 Å². The van der Waals surface area contributed by atoms with Crippen molar-refractivity contribution in [3.8, 4) is 23.0 Å². The second-order valence-electron chi connectivity index (χ2n) is 3.94. The molecule has 18 heavy (non-hydrogen) atoms. The molecule has 0 aliphatic carbocycles. The molecule has 0 heterocycles. The second kappa shape index (κ2) is 5.82. The summed E-state index contributed by atoms with van der Waals surface area (Å²) in [5.41, 5.74) is 1.54. The number of phenolic OH excluding ortho intramolecular Hbond substituents is 4. The molecule has 4 N–H and O–H groups in total. The molecule has 4 heteroatoms. The lowest BCUT2D eigenvalue weighted by Crippen LogP contribution is -1.75. The van der Waals surface area contributed by atoms with Crippen LogP contribution in [0.25, 0.3) is 0 Å². The minimum absolute atomic E-state index is 0. The molecule has 2 rings (SSSR count). The van der Waals surface area contributed by atoms with Crippen LogP contribution in [0.15, 0.2) is 36.4 Å². The normalized spacial score (nSPS) is 9.44. The van der Waals surface area contributed by atoms with E-state index in [4.69, 9.17) is 20.4 Å². The lowest BCUT2D eigenvalue weighted by Gasteiger charge is -2.01.